The Labute approximate surface area is 129 Å². The normalized spacial score (nSPS) is 11.7. The first-order valence-electron chi connectivity index (χ1n) is 7.14. The maximum Gasteiger partial charge on any atom is 0.274 e. The van der Waals surface area contributed by atoms with E-state index in [2.05, 4.69) is 5.32 Å². The third-order valence-corrected chi connectivity index (χ3v) is 3.69. The molecule has 0 aliphatic heterocycles. The predicted molar refractivity (Wildman–Crippen MR) is 85.9 cm³/mol. The van der Waals surface area contributed by atoms with E-state index < -0.39 is 4.92 Å². The van der Waals surface area contributed by atoms with Crippen LogP contribution in [-0.4, -0.2) is 10.8 Å². The summed E-state index contributed by atoms with van der Waals surface area (Å²) < 4.78 is 0. The van der Waals surface area contributed by atoms with Gasteiger partial charge in [0.15, 0.2) is 0 Å². The van der Waals surface area contributed by atoms with Crippen LogP contribution >= 0.6 is 0 Å². The quantitative estimate of drug-likeness (QED) is 0.669. The number of nitro benzene ring substituents is 1. The topological polar surface area (TPSA) is 72.2 Å². The van der Waals surface area contributed by atoms with E-state index in [4.69, 9.17) is 0 Å². The number of hydrogen-bond donors (Lipinski definition) is 1. The van der Waals surface area contributed by atoms with E-state index in [-0.39, 0.29) is 17.5 Å². The third-order valence-electron chi connectivity index (χ3n) is 3.69. The number of nitro groups is 1. The van der Waals surface area contributed by atoms with Gasteiger partial charge in [-0.3, -0.25) is 14.9 Å². The van der Waals surface area contributed by atoms with E-state index in [0.717, 1.165) is 5.56 Å². The van der Waals surface area contributed by atoms with Gasteiger partial charge in [-0.2, -0.15) is 0 Å². The fourth-order valence-corrected chi connectivity index (χ4v) is 2.43. The van der Waals surface area contributed by atoms with Crippen molar-refractivity contribution < 1.29 is 9.72 Å². The molecule has 0 saturated heterocycles. The first kappa shape index (κ1) is 15.7. The minimum absolute atomic E-state index is 0.00515. The Balaban J connectivity index is 2.25. The first-order chi connectivity index (χ1) is 10.5. The molecule has 1 N–H and O–H groups in total. The van der Waals surface area contributed by atoms with Gasteiger partial charge in [0.25, 0.3) is 5.69 Å². The molecule has 0 radical (unpaired) electrons. The Morgan fingerprint density at radius 1 is 1.18 bits per heavy atom. The number of nitrogens with zero attached hydrogens (tertiary/aromatic N) is 1. The molecular weight excluding hydrogens is 280 g/mol. The van der Waals surface area contributed by atoms with Crippen LogP contribution in [0.4, 0.5) is 11.4 Å². The number of carbonyl (C=O) groups excluding carboxylic acids is 1. The van der Waals surface area contributed by atoms with E-state index in [1.165, 1.54) is 6.07 Å². The molecule has 2 aromatic carbocycles. The molecule has 22 heavy (non-hydrogen) atoms. The molecule has 0 saturated carbocycles. The SMILES string of the molecule is CC[C@@H](C(=O)Nc1cccc([N+](=O)[O-])c1C)c1ccccc1. The van der Waals surface area contributed by atoms with Gasteiger partial charge in [-0.25, -0.2) is 0 Å². The van der Waals surface area contributed by atoms with Gasteiger partial charge in [0.05, 0.1) is 22.1 Å². The summed E-state index contributed by atoms with van der Waals surface area (Å²) >= 11 is 0. The highest BCUT2D eigenvalue weighted by molar-refractivity contribution is 5.96. The number of benzene rings is 2. The van der Waals surface area contributed by atoms with Crippen molar-refractivity contribution in [2.75, 3.05) is 5.32 Å². The largest absolute Gasteiger partial charge is 0.325 e. The van der Waals surface area contributed by atoms with Gasteiger partial charge in [-0.05, 0) is 25.0 Å². The molecule has 0 unspecified atom stereocenters. The van der Waals surface area contributed by atoms with Crippen molar-refractivity contribution in [2.24, 2.45) is 0 Å². The van der Waals surface area contributed by atoms with Gasteiger partial charge in [0, 0.05) is 6.07 Å². The summed E-state index contributed by atoms with van der Waals surface area (Å²) in [5, 5.41) is 13.8. The lowest BCUT2D eigenvalue weighted by atomic mass is 9.95. The molecule has 2 rings (SSSR count). The van der Waals surface area contributed by atoms with Crippen LogP contribution in [0.5, 0.6) is 0 Å². The van der Waals surface area contributed by atoms with Gasteiger partial charge in [-0.1, -0.05) is 43.3 Å². The standard InChI is InChI=1S/C17H18N2O3/c1-3-14(13-8-5-4-6-9-13)17(20)18-15-10-7-11-16(12(15)2)19(21)22/h4-11,14H,3H2,1-2H3,(H,18,20)/t14-/m1/s1. The summed E-state index contributed by atoms with van der Waals surface area (Å²) in [5.41, 5.74) is 1.88. The first-order valence-corrected chi connectivity index (χ1v) is 7.14. The molecule has 1 amide bonds. The second-order valence-electron chi connectivity index (χ2n) is 5.07. The van der Waals surface area contributed by atoms with Crippen LogP contribution in [0.1, 0.15) is 30.4 Å². The van der Waals surface area contributed by atoms with Crippen LogP contribution in [0.15, 0.2) is 48.5 Å². The number of amides is 1. The zero-order valence-electron chi connectivity index (χ0n) is 12.6. The van der Waals surface area contributed by atoms with Crippen LogP contribution < -0.4 is 5.32 Å². The molecule has 0 aliphatic carbocycles. The smallest absolute Gasteiger partial charge is 0.274 e. The van der Waals surface area contributed by atoms with E-state index in [1.54, 1.807) is 19.1 Å². The van der Waals surface area contributed by atoms with Crippen molar-refractivity contribution in [1.82, 2.24) is 0 Å². The summed E-state index contributed by atoms with van der Waals surface area (Å²) in [6.07, 6.45) is 0.657. The molecule has 5 nitrogen and oxygen atoms in total. The second kappa shape index (κ2) is 6.85. The van der Waals surface area contributed by atoms with Crippen molar-refractivity contribution in [1.29, 1.82) is 0 Å². The fourth-order valence-electron chi connectivity index (χ4n) is 2.43. The monoisotopic (exact) mass is 298 g/mol. The van der Waals surface area contributed by atoms with Crippen molar-refractivity contribution in [3.63, 3.8) is 0 Å². The van der Waals surface area contributed by atoms with Gasteiger partial charge in [0.1, 0.15) is 0 Å². The number of carbonyl (C=O) groups is 1. The van der Waals surface area contributed by atoms with Crippen molar-refractivity contribution in [3.8, 4) is 0 Å². The molecule has 114 valence electrons. The molecular formula is C17H18N2O3. The molecule has 1 atom stereocenters. The molecule has 0 aromatic heterocycles. The Kier molecular flexibility index (Phi) is 4.88. The average molecular weight is 298 g/mol. The van der Waals surface area contributed by atoms with Gasteiger partial charge in [0.2, 0.25) is 5.91 Å². The number of anilines is 1. The molecule has 2 aromatic rings. The maximum atomic E-state index is 12.5. The fraction of sp³-hybridized carbons (Fsp3) is 0.235. The molecule has 0 bridgehead atoms. The van der Waals surface area contributed by atoms with E-state index >= 15 is 0 Å². The van der Waals surface area contributed by atoms with E-state index in [1.807, 2.05) is 37.3 Å². The van der Waals surface area contributed by atoms with Gasteiger partial charge >= 0.3 is 0 Å². The minimum Gasteiger partial charge on any atom is -0.325 e. The van der Waals surface area contributed by atoms with Crippen LogP contribution in [0.25, 0.3) is 0 Å². The summed E-state index contributed by atoms with van der Waals surface area (Å²) in [4.78, 5) is 23.0. The number of hydrogen-bond acceptors (Lipinski definition) is 3. The summed E-state index contributed by atoms with van der Waals surface area (Å²) in [5.74, 6) is -0.433. The average Bonchev–Trinajstić information content (AvgIpc) is 2.51. The highest BCUT2D eigenvalue weighted by atomic mass is 16.6. The van der Waals surface area contributed by atoms with E-state index in [0.29, 0.717) is 17.7 Å². The van der Waals surface area contributed by atoms with E-state index in [9.17, 15) is 14.9 Å². The molecule has 0 heterocycles. The summed E-state index contributed by atoms with van der Waals surface area (Å²) in [6, 6.07) is 14.2. The molecule has 0 fully saturated rings. The lowest BCUT2D eigenvalue weighted by Gasteiger charge is -2.16. The molecule has 5 heteroatoms. The van der Waals surface area contributed by atoms with Gasteiger partial charge in [-0.15, -0.1) is 0 Å². The van der Waals surface area contributed by atoms with Crippen LogP contribution in [0, 0.1) is 17.0 Å². The van der Waals surface area contributed by atoms with Crippen LogP contribution in [-0.2, 0) is 4.79 Å². The van der Waals surface area contributed by atoms with Crippen molar-refractivity contribution >= 4 is 17.3 Å². The predicted octanol–water partition coefficient (Wildman–Crippen LogP) is 4.04. The lowest BCUT2D eigenvalue weighted by Crippen LogP contribution is -2.21. The summed E-state index contributed by atoms with van der Waals surface area (Å²) in [7, 11) is 0. The third kappa shape index (κ3) is 3.31. The Morgan fingerprint density at radius 2 is 1.86 bits per heavy atom. The minimum atomic E-state index is -0.445. The highest BCUT2D eigenvalue weighted by Crippen LogP contribution is 2.27. The van der Waals surface area contributed by atoms with Crippen LogP contribution in [0.3, 0.4) is 0 Å². The maximum absolute atomic E-state index is 12.5. The lowest BCUT2D eigenvalue weighted by molar-refractivity contribution is -0.385. The number of nitrogens with one attached hydrogen (secondary N) is 1. The zero-order chi connectivity index (χ0) is 16.1. The Bertz CT molecular complexity index is 684. The summed E-state index contributed by atoms with van der Waals surface area (Å²) in [6.45, 7) is 3.58. The number of rotatable bonds is 5. The van der Waals surface area contributed by atoms with Crippen molar-refractivity contribution in [3.05, 3.63) is 69.8 Å². The van der Waals surface area contributed by atoms with Crippen molar-refractivity contribution in [2.45, 2.75) is 26.2 Å². The Morgan fingerprint density at radius 3 is 2.45 bits per heavy atom. The Hall–Kier alpha value is -2.69. The van der Waals surface area contributed by atoms with Gasteiger partial charge < -0.3 is 5.32 Å². The molecule has 0 spiro atoms. The molecule has 0 aliphatic rings. The highest BCUT2D eigenvalue weighted by Gasteiger charge is 2.21. The second-order valence-corrected chi connectivity index (χ2v) is 5.07. The zero-order valence-corrected chi connectivity index (χ0v) is 12.6. The van der Waals surface area contributed by atoms with Crippen LogP contribution in [0.2, 0.25) is 0 Å².